The molecule has 0 aromatic rings. The lowest BCUT2D eigenvalue weighted by Crippen LogP contribution is -2.58. The number of amides is 4. The molecule has 0 aliphatic rings. The van der Waals surface area contributed by atoms with Crippen LogP contribution in [0.3, 0.4) is 0 Å². The highest BCUT2D eigenvalue weighted by molar-refractivity contribution is 5.93. The number of carbonyl (C=O) groups is 4. The van der Waals surface area contributed by atoms with Crippen LogP contribution in [0.15, 0.2) is 0 Å². The van der Waals surface area contributed by atoms with Crippen molar-refractivity contribution in [2.45, 2.75) is 66.5 Å². The van der Waals surface area contributed by atoms with Gasteiger partial charge in [0.2, 0.25) is 23.6 Å². The van der Waals surface area contributed by atoms with Gasteiger partial charge in [0, 0.05) is 25.4 Å². The van der Waals surface area contributed by atoms with Crippen LogP contribution in [0.2, 0.25) is 0 Å². The zero-order chi connectivity index (χ0) is 22.8. The van der Waals surface area contributed by atoms with Crippen LogP contribution in [0, 0.1) is 17.3 Å². The van der Waals surface area contributed by atoms with Crippen molar-refractivity contribution in [3.63, 3.8) is 0 Å². The summed E-state index contributed by atoms with van der Waals surface area (Å²) in [6.07, 6.45) is 0.215. The SMILES string of the molecule is CC(C)C[C@@H](CC(=O)NO)C(=O)N[C@@H](C(=O)N[C@H](C)C(=O)NCCN)C(C)(C)C. The van der Waals surface area contributed by atoms with Crippen LogP contribution in [0.4, 0.5) is 0 Å². The van der Waals surface area contributed by atoms with E-state index in [1.54, 1.807) is 27.7 Å². The highest BCUT2D eigenvalue weighted by Crippen LogP contribution is 2.22. The van der Waals surface area contributed by atoms with Crippen LogP contribution < -0.4 is 27.2 Å². The lowest BCUT2D eigenvalue weighted by molar-refractivity contribution is -0.138. The maximum absolute atomic E-state index is 12.8. The predicted octanol–water partition coefficient (Wildman–Crippen LogP) is -0.345. The highest BCUT2D eigenvalue weighted by Gasteiger charge is 2.36. The molecule has 10 nitrogen and oxygen atoms in total. The summed E-state index contributed by atoms with van der Waals surface area (Å²) >= 11 is 0. The van der Waals surface area contributed by atoms with E-state index >= 15 is 0 Å². The second-order valence-corrected chi connectivity index (χ2v) is 8.68. The number of carbonyl (C=O) groups excluding carboxylic acids is 4. The van der Waals surface area contributed by atoms with Gasteiger partial charge in [-0.25, -0.2) is 5.48 Å². The van der Waals surface area contributed by atoms with Gasteiger partial charge in [-0.2, -0.15) is 0 Å². The molecule has 0 radical (unpaired) electrons. The predicted molar refractivity (Wildman–Crippen MR) is 109 cm³/mol. The van der Waals surface area contributed by atoms with Crippen molar-refractivity contribution in [2.75, 3.05) is 13.1 Å². The van der Waals surface area contributed by atoms with Gasteiger partial charge in [-0.15, -0.1) is 0 Å². The molecule has 0 rings (SSSR count). The van der Waals surface area contributed by atoms with Gasteiger partial charge < -0.3 is 21.7 Å². The fourth-order valence-corrected chi connectivity index (χ4v) is 2.77. The summed E-state index contributed by atoms with van der Waals surface area (Å²) < 4.78 is 0. The standard InChI is InChI=1S/C19H37N5O5/c1-11(2)9-13(10-14(25)24-29)17(27)23-15(19(4,5)6)18(28)22-12(3)16(26)21-8-7-20/h11-13,15,29H,7-10,20H2,1-6H3,(H,21,26)(H,22,28)(H,23,27)(H,24,25)/t12-,13+,15+/m1/s1. The number of rotatable bonds is 11. The average Bonchev–Trinajstić information content (AvgIpc) is 2.61. The minimum atomic E-state index is -0.924. The lowest BCUT2D eigenvalue weighted by atomic mass is 9.84. The third-order valence-electron chi connectivity index (χ3n) is 4.29. The average molecular weight is 416 g/mol. The number of hydroxylamine groups is 1. The summed E-state index contributed by atoms with van der Waals surface area (Å²) in [6, 6.07) is -1.73. The van der Waals surface area contributed by atoms with Crippen LogP contribution >= 0.6 is 0 Å². The molecule has 0 aliphatic heterocycles. The first-order valence-corrected chi connectivity index (χ1v) is 9.84. The van der Waals surface area contributed by atoms with Crippen molar-refractivity contribution in [1.29, 1.82) is 0 Å². The van der Waals surface area contributed by atoms with Gasteiger partial charge in [0.25, 0.3) is 0 Å². The number of hydrogen-bond acceptors (Lipinski definition) is 6. The lowest BCUT2D eigenvalue weighted by Gasteiger charge is -2.32. The van der Waals surface area contributed by atoms with E-state index < -0.39 is 41.1 Å². The minimum absolute atomic E-state index is 0.130. The largest absolute Gasteiger partial charge is 0.353 e. The molecular formula is C19H37N5O5. The second kappa shape index (κ2) is 12.4. The van der Waals surface area contributed by atoms with Crippen molar-refractivity contribution >= 4 is 23.6 Å². The summed E-state index contributed by atoms with van der Waals surface area (Å²) in [4.78, 5) is 49.1. The third-order valence-corrected chi connectivity index (χ3v) is 4.29. The van der Waals surface area contributed by atoms with E-state index in [0.717, 1.165) is 0 Å². The molecule has 0 heterocycles. The molecule has 0 aromatic carbocycles. The fourth-order valence-electron chi connectivity index (χ4n) is 2.77. The zero-order valence-corrected chi connectivity index (χ0v) is 18.3. The molecule has 0 saturated carbocycles. The van der Waals surface area contributed by atoms with Crippen molar-refractivity contribution in [3.05, 3.63) is 0 Å². The van der Waals surface area contributed by atoms with Gasteiger partial charge in [0.15, 0.2) is 0 Å². The van der Waals surface area contributed by atoms with E-state index in [1.807, 2.05) is 13.8 Å². The van der Waals surface area contributed by atoms with Crippen LogP contribution in [0.1, 0.15) is 54.4 Å². The Morgan fingerprint density at radius 3 is 2.00 bits per heavy atom. The van der Waals surface area contributed by atoms with Gasteiger partial charge in [0.1, 0.15) is 12.1 Å². The van der Waals surface area contributed by atoms with Crippen molar-refractivity contribution in [2.24, 2.45) is 23.0 Å². The molecule has 3 atom stereocenters. The third kappa shape index (κ3) is 10.2. The minimum Gasteiger partial charge on any atom is -0.353 e. The van der Waals surface area contributed by atoms with Gasteiger partial charge in [-0.05, 0) is 24.7 Å². The topological polar surface area (TPSA) is 163 Å². The molecule has 168 valence electrons. The monoisotopic (exact) mass is 415 g/mol. The van der Waals surface area contributed by atoms with Crippen LogP contribution in [0.5, 0.6) is 0 Å². The summed E-state index contributed by atoms with van der Waals surface area (Å²) in [5, 5.41) is 16.7. The molecule has 29 heavy (non-hydrogen) atoms. The van der Waals surface area contributed by atoms with Crippen molar-refractivity contribution in [3.8, 4) is 0 Å². The fraction of sp³-hybridized carbons (Fsp3) is 0.789. The Labute approximate surface area is 172 Å². The molecule has 7 N–H and O–H groups in total. The Kier molecular flexibility index (Phi) is 11.4. The first-order valence-electron chi connectivity index (χ1n) is 9.84. The van der Waals surface area contributed by atoms with Crippen LogP contribution in [0.25, 0.3) is 0 Å². The molecule has 0 aromatic heterocycles. The Morgan fingerprint density at radius 2 is 1.55 bits per heavy atom. The molecule has 0 unspecified atom stereocenters. The van der Waals surface area contributed by atoms with Gasteiger partial charge >= 0.3 is 0 Å². The molecule has 0 fully saturated rings. The summed E-state index contributed by atoms with van der Waals surface area (Å²) in [7, 11) is 0. The van der Waals surface area contributed by atoms with Gasteiger partial charge in [-0.3, -0.25) is 24.4 Å². The molecule has 0 aliphatic carbocycles. The number of hydrogen-bond donors (Lipinski definition) is 6. The molecule has 10 heteroatoms. The van der Waals surface area contributed by atoms with Crippen LogP contribution in [-0.4, -0.2) is 54.0 Å². The van der Waals surface area contributed by atoms with E-state index in [1.165, 1.54) is 5.48 Å². The first kappa shape index (κ1) is 26.8. The van der Waals surface area contributed by atoms with E-state index in [4.69, 9.17) is 10.9 Å². The summed E-state index contributed by atoms with van der Waals surface area (Å²) in [5.41, 5.74) is 6.24. The Hall–Kier alpha value is -2.20. The molecule has 0 spiro atoms. The van der Waals surface area contributed by atoms with E-state index in [2.05, 4.69) is 16.0 Å². The molecule has 4 amide bonds. The van der Waals surface area contributed by atoms with E-state index in [0.29, 0.717) is 13.0 Å². The highest BCUT2D eigenvalue weighted by atomic mass is 16.5. The Balaban J connectivity index is 5.30. The normalized spacial score (nSPS) is 14.5. The van der Waals surface area contributed by atoms with Crippen molar-refractivity contribution in [1.82, 2.24) is 21.4 Å². The summed E-state index contributed by atoms with van der Waals surface area (Å²) in [6.45, 7) is 11.3. The zero-order valence-electron chi connectivity index (χ0n) is 18.3. The Bertz CT molecular complexity index is 574. The molecular weight excluding hydrogens is 378 g/mol. The number of nitrogens with two attached hydrogens (primary N) is 1. The Morgan fingerprint density at radius 1 is 0.966 bits per heavy atom. The smallest absolute Gasteiger partial charge is 0.244 e. The number of nitrogens with one attached hydrogen (secondary N) is 4. The summed E-state index contributed by atoms with van der Waals surface area (Å²) in [5.74, 6) is -2.59. The quantitative estimate of drug-likeness (QED) is 0.200. The van der Waals surface area contributed by atoms with Gasteiger partial charge in [0.05, 0.1) is 0 Å². The maximum Gasteiger partial charge on any atom is 0.244 e. The second-order valence-electron chi connectivity index (χ2n) is 8.68. The first-order chi connectivity index (χ1) is 13.3. The molecule has 0 saturated heterocycles. The van der Waals surface area contributed by atoms with E-state index in [-0.39, 0.29) is 24.8 Å². The van der Waals surface area contributed by atoms with E-state index in [9.17, 15) is 19.2 Å². The van der Waals surface area contributed by atoms with Crippen molar-refractivity contribution < 1.29 is 24.4 Å². The van der Waals surface area contributed by atoms with Gasteiger partial charge in [-0.1, -0.05) is 34.6 Å². The van der Waals surface area contributed by atoms with Crippen LogP contribution in [-0.2, 0) is 19.2 Å². The molecule has 0 bridgehead atoms. The maximum atomic E-state index is 12.8.